The zero-order valence-electron chi connectivity index (χ0n) is 20.5. The molecule has 188 valence electrons. The third-order valence-corrected chi connectivity index (χ3v) is 6.98. The van der Waals surface area contributed by atoms with Crippen LogP contribution in [0, 0.1) is 12.3 Å². The van der Waals surface area contributed by atoms with Crippen LogP contribution in [0.5, 0.6) is 5.88 Å². The average molecular weight is 498 g/mol. The predicted octanol–water partition coefficient (Wildman–Crippen LogP) is 2.66. The standard InChI is InChI=1S/C27H27N7O3/c1-16-5-6-21-19(14-31-33-21)23(16)18-13-17(26-24(25(18)28)27(35)30-15-29-26)20-3-2-4-22(32-20)37-12-9-34-7-10-36-11-8-34/h2-6,13-15,18,28H,7-12H2,1H3,(H,31,33)(H,29,30,35). The number of ether oxygens (including phenoxy) is 2. The molecule has 1 unspecified atom stereocenters. The number of hydrogen-bond donors (Lipinski definition) is 3. The van der Waals surface area contributed by atoms with Gasteiger partial charge in [-0.15, -0.1) is 0 Å². The Labute approximate surface area is 212 Å². The molecule has 3 aromatic heterocycles. The Hall–Kier alpha value is -4.15. The number of aromatic nitrogens is 5. The summed E-state index contributed by atoms with van der Waals surface area (Å²) in [7, 11) is 0. The number of pyridine rings is 1. The van der Waals surface area contributed by atoms with Crippen LogP contribution < -0.4 is 10.3 Å². The molecule has 1 fully saturated rings. The molecule has 2 aliphatic rings. The fraction of sp³-hybridized carbons (Fsp3) is 0.296. The van der Waals surface area contributed by atoms with E-state index in [1.54, 1.807) is 6.20 Å². The number of nitrogens with zero attached hydrogens (tertiary/aromatic N) is 4. The van der Waals surface area contributed by atoms with Gasteiger partial charge in [-0.05, 0) is 30.2 Å². The molecule has 1 aliphatic carbocycles. The molecule has 4 aromatic rings. The van der Waals surface area contributed by atoms with Crippen molar-refractivity contribution >= 4 is 22.2 Å². The lowest BCUT2D eigenvalue weighted by molar-refractivity contribution is 0.0320. The van der Waals surface area contributed by atoms with Gasteiger partial charge in [0.25, 0.3) is 5.56 Å². The second-order valence-corrected chi connectivity index (χ2v) is 9.22. The molecule has 0 radical (unpaired) electrons. The monoisotopic (exact) mass is 497 g/mol. The van der Waals surface area contributed by atoms with E-state index in [-0.39, 0.29) is 16.8 Å². The van der Waals surface area contributed by atoms with Gasteiger partial charge in [0.2, 0.25) is 5.88 Å². The predicted molar refractivity (Wildman–Crippen MR) is 139 cm³/mol. The number of hydrogen-bond acceptors (Lipinski definition) is 8. The van der Waals surface area contributed by atoms with Crippen molar-refractivity contribution in [3.63, 3.8) is 0 Å². The molecule has 1 atom stereocenters. The summed E-state index contributed by atoms with van der Waals surface area (Å²) in [6, 6.07) is 9.57. The molecule has 1 saturated heterocycles. The lowest BCUT2D eigenvalue weighted by Crippen LogP contribution is -2.38. The highest BCUT2D eigenvalue weighted by molar-refractivity contribution is 6.12. The highest BCUT2D eigenvalue weighted by atomic mass is 16.5. The van der Waals surface area contributed by atoms with Gasteiger partial charge < -0.3 is 19.9 Å². The second kappa shape index (κ2) is 9.72. The number of nitrogens with one attached hydrogen (secondary N) is 3. The van der Waals surface area contributed by atoms with Crippen molar-refractivity contribution in [3.05, 3.63) is 87.4 Å². The van der Waals surface area contributed by atoms with Crippen LogP contribution in [0.4, 0.5) is 0 Å². The molecule has 1 aromatic carbocycles. The van der Waals surface area contributed by atoms with E-state index in [1.807, 2.05) is 43.3 Å². The minimum atomic E-state index is -0.471. The Balaban J connectivity index is 1.39. The second-order valence-electron chi connectivity index (χ2n) is 9.22. The van der Waals surface area contributed by atoms with E-state index in [9.17, 15) is 4.79 Å². The molecule has 3 N–H and O–H groups in total. The van der Waals surface area contributed by atoms with Crippen molar-refractivity contribution in [1.82, 2.24) is 30.0 Å². The largest absolute Gasteiger partial charge is 0.476 e. The fourth-order valence-electron chi connectivity index (χ4n) is 5.08. The number of rotatable bonds is 6. The fourth-order valence-corrected chi connectivity index (χ4v) is 5.08. The third-order valence-electron chi connectivity index (χ3n) is 6.98. The number of H-pyrrole nitrogens is 2. The minimum absolute atomic E-state index is 0.197. The third kappa shape index (κ3) is 4.34. The van der Waals surface area contributed by atoms with Crippen molar-refractivity contribution in [1.29, 1.82) is 5.41 Å². The van der Waals surface area contributed by atoms with Crippen LogP contribution in [0.3, 0.4) is 0 Å². The van der Waals surface area contributed by atoms with Gasteiger partial charge in [0.1, 0.15) is 6.61 Å². The molecular formula is C27H27N7O3. The lowest BCUT2D eigenvalue weighted by Gasteiger charge is -2.26. The topological polar surface area (TPSA) is 133 Å². The molecule has 0 bridgehead atoms. The zero-order valence-corrected chi connectivity index (χ0v) is 20.5. The molecule has 0 saturated carbocycles. The molecule has 0 amide bonds. The van der Waals surface area contributed by atoms with E-state index in [2.05, 4.69) is 25.1 Å². The Kier molecular flexibility index (Phi) is 6.11. The van der Waals surface area contributed by atoms with Crippen LogP contribution in [0.1, 0.15) is 34.0 Å². The highest BCUT2D eigenvalue weighted by Crippen LogP contribution is 2.39. The first kappa shape index (κ1) is 23.3. The van der Waals surface area contributed by atoms with Gasteiger partial charge in [0, 0.05) is 42.6 Å². The van der Waals surface area contributed by atoms with E-state index in [0.29, 0.717) is 29.4 Å². The highest BCUT2D eigenvalue weighted by Gasteiger charge is 2.32. The zero-order chi connectivity index (χ0) is 25.4. The van der Waals surface area contributed by atoms with Crippen LogP contribution >= 0.6 is 0 Å². The Morgan fingerprint density at radius 1 is 1.22 bits per heavy atom. The van der Waals surface area contributed by atoms with Crippen molar-refractivity contribution < 1.29 is 9.47 Å². The summed E-state index contributed by atoms with van der Waals surface area (Å²) in [5.74, 6) is 0.0326. The number of allylic oxidation sites excluding steroid dienone is 1. The molecular weight excluding hydrogens is 470 g/mol. The molecule has 4 heterocycles. The number of benzene rings is 1. The summed E-state index contributed by atoms with van der Waals surface area (Å²) in [4.78, 5) is 27.1. The average Bonchev–Trinajstić information content (AvgIpc) is 3.39. The first-order valence-electron chi connectivity index (χ1n) is 12.3. The smallest absolute Gasteiger partial charge is 0.260 e. The van der Waals surface area contributed by atoms with Crippen LogP contribution in [0.25, 0.3) is 16.5 Å². The summed E-state index contributed by atoms with van der Waals surface area (Å²) in [6.45, 7) is 6.61. The van der Waals surface area contributed by atoms with Gasteiger partial charge in [-0.3, -0.25) is 14.8 Å². The Morgan fingerprint density at radius 3 is 2.95 bits per heavy atom. The normalized spacial score (nSPS) is 18.0. The van der Waals surface area contributed by atoms with Crippen LogP contribution in [0.2, 0.25) is 0 Å². The first-order chi connectivity index (χ1) is 18.1. The summed E-state index contributed by atoms with van der Waals surface area (Å²) in [5.41, 5.74) is 4.70. The summed E-state index contributed by atoms with van der Waals surface area (Å²) >= 11 is 0. The molecule has 37 heavy (non-hydrogen) atoms. The minimum Gasteiger partial charge on any atom is -0.476 e. The maximum Gasteiger partial charge on any atom is 0.260 e. The molecule has 0 spiro atoms. The van der Waals surface area contributed by atoms with Crippen LogP contribution in [0.15, 0.2) is 53.7 Å². The number of morpholine rings is 1. The van der Waals surface area contributed by atoms with Crippen molar-refractivity contribution in [2.75, 3.05) is 39.5 Å². The quantitative estimate of drug-likeness (QED) is 0.373. The number of aromatic amines is 2. The van der Waals surface area contributed by atoms with Crippen LogP contribution in [-0.2, 0) is 4.74 Å². The van der Waals surface area contributed by atoms with E-state index in [0.717, 1.165) is 54.9 Å². The van der Waals surface area contributed by atoms with Gasteiger partial charge in [-0.25, -0.2) is 9.97 Å². The molecule has 10 heteroatoms. The Bertz CT molecular complexity index is 1570. The number of fused-ring (bicyclic) bond motifs is 2. The van der Waals surface area contributed by atoms with E-state index < -0.39 is 5.92 Å². The number of aryl methyl sites for hydroxylation is 1. The van der Waals surface area contributed by atoms with E-state index in [4.69, 9.17) is 19.9 Å². The Morgan fingerprint density at radius 2 is 2.08 bits per heavy atom. The molecule has 6 rings (SSSR count). The summed E-state index contributed by atoms with van der Waals surface area (Å²) < 4.78 is 11.4. The first-order valence-corrected chi connectivity index (χ1v) is 12.3. The van der Waals surface area contributed by atoms with Gasteiger partial charge in [-0.1, -0.05) is 18.2 Å². The SMILES string of the molecule is Cc1ccc2[nH]ncc2c1C1C=C(c2cccc(OCCN3CCOCC3)n2)c2nc[nH]c(=O)c2C1=N. The van der Waals surface area contributed by atoms with E-state index in [1.165, 1.54) is 6.33 Å². The maximum absolute atomic E-state index is 12.9. The van der Waals surface area contributed by atoms with Gasteiger partial charge in [0.05, 0.1) is 53.9 Å². The maximum atomic E-state index is 12.9. The van der Waals surface area contributed by atoms with E-state index >= 15 is 0 Å². The van der Waals surface area contributed by atoms with Crippen molar-refractivity contribution in [2.45, 2.75) is 12.8 Å². The summed E-state index contributed by atoms with van der Waals surface area (Å²) in [6.07, 6.45) is 5.11. The van der Waals surface area contributed by atoms with Crippen molar-refractivity contribution in [3.8, 4) is 5.88 Å². The molecule has 10 nitrogen and oxygen atoms in total. The van der Waals surface area contributed by atoms with Gasteiger partial charge >= 0.3 is 0 Å². The van der Waals surface area contributed by atoms with Crippen LogP contribution in [-0.4, -0.2) is 75.2 Å². The lowest BCUT2D eigenvalue weighted by atomic mass is 9.79. The van der Waals surface area contributed by atoms with Crippen molar-refractivity contribution in [2.24, 2.45) is 0 Å². The van der Waals surface area contributed by atoms with Gasteiger partial charge in [0.15, 0.2) is 0 Å². The van der Waals surface area contributed by atoms with Gasteiger partial charge in [-0.2, -0.15) is 5.10 Å². The summed E-state index contributed by atoms with van der Waals surface area (Å²) in [5, 5.41) is 17.1. The molecule has 1 aliphatic heterocycles.